The second-order valence-electron chi connectivity index (χ2n) is 8.43. The first-order valence-electron chi connectivity index (χ1n) is 10.7. The molecule has 0 fully saturated rings. The van der Waals surface area contributed by atoms with Gasteiger partial charge in [0.25, 0.3) is 0 Å². The minimum absolute atomic E-state index is 0.282. The van der Waals surface area contributed by atoms with Gasteiger partial charge >= 0.3 is 0 Å². The lowest BCUT2D eigenvalue weighted by Gasteiger charge is -2.06. The van der Waals surface area contributed by atoms with Crippen LogP contribution in [0.15, 0.2) is 83.5 Å². The molecule has 3 heterocycles. The molecule has 0 bridgehead atoms. The van der Waals surface area contributed by atoms with Crippen molar-refractivity contribution in [3.05, 3.63) is 90.5 Å². The summed E-state index contributed by atoms with van der Waals surface area (Å²) in [6.45, 7) is 2.08. The number of benzene rings is 3. The fourth-order valence-corrected chi connectivity index (χ4v) is 4.79. The number of furan rings is 1. The van der Waals surface area contributed by atoms with E-state index in [1.807, 2.05) is 69.0 Å². The van der Waals surface area contributed by atoms with Crippen molar-refractivity contribution < 1.29 is 13.4 Å². The molecule has 0 radical (unpaired) electrons. The summed E-state index contributed by atoms with van der Waals surface area (Å²) in [6.07, 6.45) is 4.04. The average Bonchev–Trinajstić information content (AvgIpc) is 3.34. The van der Waals surface area contributed by atoms with Gasteiger partial charge in [0.05, 0.1) is 11.1 Å². The Kier molecular flexibility index (Phi) is 3.99. The molecule has 6 aromatic rings. The molecule has 0 aliphatic rings. The maximum atomic E-state index is 15.2. The van der Waals surface area contributed by atoms with Gasteiger partial charge in [-0.1, -0.05) is 18.2 Å². The van der Waals surface area contributed by atoms with E-state index in [-0.39, 0.29) is 5.82 Å². The normalized spacial score (nSPS) is 11.8. The van der Waals surface area contributed by atoms with Crippen molar-refractivity contribution in [1.82, 2.24) is 4.57 Å². The highest BCUT2D eigenvalue weighted by atomic mass is 19.1. The molecule has 0 amide bonds. The zero-order valence-electron chi connectivity index (χ0n) is 18.2. The lowest BCUT2D eigenvalue weighted by molar-refractivity contribution is -0.660. The fraction of sp³-hybridized carbons (Fsp3) is 0.107. The van der Waals surface area contributed by atoms with Gasteiger partial charge in [-0.25, -0.2) is 8.96 Å². The van der Waals surface area contributed by atoms with E-state index >= 15 is 4.39 Å². The largest absolute Gasteiger partial charge is 0.454 e. The number of hydrogen-bond donors (Lipinski definition) is 0. The van der Waals surface area contributed by atoms with Gasteiger partial charge < -0.3 is 8.98 Å². The van der Waals surface area contributed by atoms with Crippen molar-refractivity contribution in [3.63, 3.8) is 0 Å². The van der Waals surface area contributed by atoms with Crippen LogP contribution in [0.3, 0.4) is 0 Å². The first-order valence-corrected chi connectivity index (χ1v) is 10.7. The molecule has 0 saturated carbocycles. The van der Waals surface area contributed by atoms with Gasteiger partial charge in [0, 0.05) is 47.1 Å². The van der Waals surface area contributed by atoms with Crippen LogP contribution in [0, 0.1) is 12.7 Å². The standard InChI is InChI=1S/C28H22FN2O/c1-17-7-9-20-21-10-11-22(29)26(19-8-12-23-18(16-19)13-15-31(23)3)28(21)32-27(20)25(17)24-6-4-5-14-30(24)2/h4-16H,1-3H3/q+1. The molecule has 0 atom stereocenters. The molecular formula is C28H22FN2O+. The van der Waals surface area contributed by atoms with E-state index in [4.69, 9.17) is 4.42 Å². The van der Waals surface area contributed by atoms with Gasteiger partial charge in [0.1, 0.15) is 24.0 Å². The molecule has 156 valence electrons. The smallest absolute Gasteiger partial charge is 0.216 e. The summed E-state index contributed by atoms with van der Waals surface area (Å²) >= 11 is 0. The van der Waals surface area contributed by atoms with Crippen molar-refractivity contribution in [3.8, 4) is 22.4 Å². The molecule has 3 nitrogen and oxygen atoms in total. The molecule has 3 aromatic carbocycles. The Morgan fingerprint density at radius 3 is 2.47 bits per heavy atom. The van der Waals surface area contributed by atoms with Crippen LogP contribution in [0.25, 0.3) is 55.2 Å². The van der Waals surface area contributed by atoms with Gasteiger partial charge in [-0.05, 0) is 54.4 Å². The molecule has 0 spiro atoms. The molecule has 0 saturated heterocycles. The van der Waals surface area contributed by atoms with Gasteiger partial charge in [-0.15, -0.1) is 0 Å². The molecule has 0 unspecified atom stereocenters. The minimum atomic E-state index is -0.282. The van der Waals surface area contributed by atoms with Crippen LogP contribution in [0.5, 0.6) is 0 Å². The van der Waals surface area contributed by atoms with E-state index in [0.29, 0.717) is 11.1 Å². The summed E-state index contributed by atoms with van der Waals surface area (Å²) in [7, 11) is 4.03. The van der Waals surface area contributed by atoms with Crippen LogP contribution in [-0.2, 0) is 14.1 Å². The molecule has 3 aromatic heterocycles. The Hall–Kier alpha value is -3.92. The first-order chi connectivity index (χ1) is 15.5. The van der Waals surface area contributed by atoms with Gasteiger partial charge in [0.2, 0.25) is 5.69 Å². The predicted molar refractivity (Wildman–Crippen MR) is 127 cm³/mol. The van der Waals surface area contributed by atoms with Crippen molar-refractivity contribution in [2.45, 2.75) is 6.92 Å². The maximum absolute atomic E-state index is 15.2. The summed E-state index contributed by atoms with van der Waals surface area (Å²) in [4.78, 5) is 0. The second-order valence-corrected chi connectivity index (χ2v) is 8.43. The maximum Gasteiger partial charge on any atom is 0.216 e. The number of fused-ring (bicyclic) bond motifs is 4. The quantitative estimate of drug-likeness (QED) is 0.286. The lowest BCUT2D eigenvalue weighted by atomic mass is 9.98. The summed E-state index contributed by atoms with van der Waals surface area (Å²) in [5, 5.41) is 2.99. The number of aryl methyl sites for hydroxylation is 3. The molecule has 0 aliphatic carbocycles. The Morgan fingerprint density at radius 1 is 0.875 bits per heavy atom. The summed E-state index contributed by atoms with van der Waals surface area (Å²) in [6, 6.07) is 21.7. The van der Waals surface area contributed by atoms with E-state index in [9.17, 15) is 0 Å². The third-order valence-electron chi connectivity index (χ3n) is 6.45. The minimum Gasteiger partial charge on any atom is -0.454 e. The van der Waals surface area contributed by atoms with Crippen LogP contribution >= 0.6 is 0 Å². The molecule has 32 heavy (non-hydrogen) atoms. The van der Waals surface area contributed by atoms with E-state index in [0.717, 1.165) is 49.6 Å². The molecule has 0 aliphatic heterocycles. The summed E-state index contributed by atoms with van der Waals surface area (Å²) < 4.78 is 25.9. The van der Waals surface area contributed by atoms with Crippen molar-refractivity contribution in [2.24, 2.45) is 14.1 Å². The number of aromatic nitrogens is 2. The Bertz CT molecular complexity index is 1670. The summed E-state index contributed by atoms with van der Waals surface area (Å²) in [5.74, 6) is -0.282. The van der Waals surface area contributed by atoms with Crippen molar-refractivity contribution >= 4 is 32.8 Å². The van der Waals surface area contributed by atoms with Crippen LogP contribution in [0.2, 0.25) is 0 Å². The third kappa shape index (κ3) is 2.62. The van der Waals surface area contributed by atoms with Crippen molar-refractivity contribution in [1.29, 1.82) is 0 Å². The highest BCUT2D eigenvalue weighted by Gasteiger charge is 2.23. The molecular weight excluding hydrogens is 399 g/mol. The Labute approximate surface area is 184 Å². The zero-order chi connectivity index (χ0) is 22.0. The predicted octanol–water partition coefficient (Wildman–Crippen LogP) is 6.68. The SMILES string of the molecule is Cc1ccc2c(oc3c(-c4ccc5c(ccn5C)c4)c(F)ccc32)c1-c1cccc[n+]1C. The van der Waals surface area contributed by atoms with Gasteiger partial charge in [-0.2, -0.15) is 0 Å². The molecule has 4 heteroatoms. The van der Waals surface area contributed by atoms with Crippen molar-refractivity contribution in [2.75, 3.05) is 0 Å². The topological polar surface area (TPSA) is 21.9 Å². The van der Waals surface area contributed by atoms with Crippen LogP contribution in [0.4, 0.5) is 4.39 Å². The second kappa shape index (κ2) is 6.79. The molecule has 6 rings (SSSR count). The van der Waals surface area contributed by atoms with E-state index in [1.54, 1.807) is 6.07 Å². The van der Waals surface area contributed by atoms with E-state index < -0.39 is 0 Å². The molecule has 0 N–H and O–H groups in total. The highest BCUT2D eigenvalue weighted by Crippen LogP contribution is 2.41. The Morgan fingerprint density at radius 2 is 1.66 bits per heavy atom. The third-order valence-corrected chi connectivity index (χ3v) is 6.45. The van der Waals surface area contributed by atoms with Crippen LogP contribution in [0.1, 0.15) is 5.56 Å². The number of pyridine rings is 1. The number of halogens is 1. The first kappa shape index (κ1) is 18.8. The highest BCUT2D eigenvalue weighted by molar-refractivity contribution is 6.13. The van der Waals surface area contributed by atoms with E-state index in [2.05, 4.69) is 34.3 Å². The number of hydrogen-bond acceptors (Lipinski definition) is 1. The summed E-state index contributed by atoms with van der Waals surface area (Å²) in [5.41, 5.74) is 7.01. The number of nitrogens with zero attached hydrogens (tertiary/aromatic N) is 2. The lowest BCUT2D eigenvalue weighted by Crippen LogP contribution is -2.30. The van der Waals surface area contributed by atoms with E-state index in [1.165, 1.54) is 0 Å². The zero-order valence-corrected chi connectivity index (χ0v) is 18.2. The van der Waals surface area contributed by atoms with Gasteiger partial charge in [0.15, 0.2) is 6.20 Å². The Balaban J connectivity index is 1.70. The monoisotopic (exact) mass is 421 g/mol. The van der Waals surface area contributed by atoms with Crippen LogP contribution < -0.4 is 4.57 Å². The number of rotatable bonds is 2. The fourth-order valence-electron chi connectivity index (χ4n) is 4.79. The average molecular weight is 421 g/mol. The van der Waals surface area contributed by atoms with Gasteiger partial charge in [-0.3, -0.25) is 0 Å². The van der Waals surface area contributed by atoms with Crippen LogP contribution in [-0.4, -0.2) is 4.57 Å².